The van der Waals surface area contributed by atoms with Crippen molar-refractivity contribution in [3.05, 3.63) is 16.6 Å². The molecule has 0 aliphatic heterocycles. The molecule has 1 aromatic rings. The van der Waals surface area contributed by atoms with Gasteiger partial charge < -0.3 is 4.90 Å². The lowest BCUT2D eigenvalue weighted by Crippen LogP contribution is -2.21. The van der Waals surface area contributed by atoms with E-state index < -0.39 is 0 Å². The molecule has 5 heteroatoms. The van der Waals surface area contributed by atoms with Crippen LogP contribution in [0.2, 0.25) is 0 Å². The maximum absolute atomic E-state index is 11.1. The quantitative estimate of drug-likeness (QED) is 0.775. The third kappa shape index (κ3) is 4.24. The van der Waals surface area contributed by atoms with Crippen LogP contribution in [0, 0.1) is 0 Å². The van der Waals surface area contributed by atoms with E-state index in [0.717, 1.165) is 12.1 Å². The van der Waals surface area contributed by atoms with Gasteiger partial charge in [0.05, 0.1) is 11.2 Å². The lowest BCUT2D eigenvalue weighted by atomic mass is 10.2. The van der Waals surface area contributed by atoms with Gasteiger partial charge in [0, 0.05) is 25.9 Å². The molecular weight excluding hydrogens is 208 g/mol. The molecule has 1 rings (SSSR count). The average Bonchev–Trinajstić information content (AvgIpc) is 2.51. The third-order valence-electron chi connectivity index (χ3n) is 1.58. The summed E-state index contributed by atoms with van der Waals surface area (Å²) in [6.45, 7) is 0. The zero-order chi connectivity index (χ0) is 8.97. The minimum Gasteiger partial charge on any atom is -0.349 e. The van der Waals surface area contributed by atoms with Crippen molar-refractivity contribution in [2.45, 2.75) is 12.8 Å². The summed E-state index contributed by atoms with van der Waals surface area (Å²) in [6, 6.07) is 0. The fourth-order valence-corrected chi connectivity index (χ4v) is 1.41. The largest absolute Gasteiger partial charge is 0.349 e. The van der Waals surface area contributed by atoms with Gasteiger partial charge in [0.2, 0.25) is 5.91 Å². The summed E-state index contributed by atoms with van der Waals surface area (Å²) in [5.74, 6) is 0.156. The van der Waals surface area contributed by atoms with Gasteiger partial charge in [-0.25, -0.2) is 4.98 Å². The van der Waals surface area contributed by atoms with Crippen LogP contribution in [0.4, 0.5) is 0 Å². The van der Waals surface area contributed by atoms with Gasteiger partial charge in [-0.05, 0) is 6.42 Å². The number of aryl methyl sites for hydroxylation is 1. The smallest absolute Gasteiger partial charge is 0.222 e. The van der Waals surface area contributed by atoms with Crippen molar-refractivity contribution < 1.29 is 4.79 Å². The Balaban J connectivity index is 0.00000144. The molecule has 0 spiro atoms. The summed E-state index contributed by atoms with van der Waals surface area (Å²) in [5, 5.41) is 1.98. The minimum absolute atomic E-state index is 0. The number of rotatable bonds is 3. The molecule has 0 atom stereocenters. The first-order chi connectivity index (χ1) is 5.70. The third-order valence-corrected chi connectivity index (χ3v) is 2.21. The summed E-state index contributed by atoms with van der Waals surface area (Å²) in [5.41, 5.74) is 2.80. The first-order valence-corrected chi connectivity index (χ1v) is 4.71. The number of aromatic nitrogens is 1. The van der Waals surface area contributed by atoms with Gasteiger partial charge in [-0.1, -0.05) is 0 Å². The highest BCUT2D eigenvalue weighted by Gasteiger charge is 2.04. The molecule has 0 saturated heterocycles. The van der Waals surface area contributed by atoms with E-state index in [9.17, 15) is 4.79 Å². The predicted octanol–water partition coefficient (Wildman–Crippen LogP) is 1.59. The summed E-state index contributed by atoms with van der Waals surface area (Å²) >= 11 is 1.56. The monoisotopic (exact) mass is 220 g/mol. The number of hydrogen-bond donors (Lipinski definition) is 0. The lowest BCUT2D eigenvalue weighted by molar-refractivity contribution is -0.128. The normalized spacial score (nSPS) is 9.08. The number of carbonyl (C=O) groups excluding carboxylic acids is 1. The lowest BCUT2D eigenvalue weighted by Gasteiger charge is -2.08. The van der Waals surface area contributed by atoms with Gasteiger partial charge in [0.25, 0.3) is 0 Å². The molecule has 3 nitrogen and oxygen atoms in total. The van der Waals surface area contributed by atoms with E-state index in [-0.39, 0.29) is 18.3 Å². The molecule has 0 unspecified atom stereocenters. The molecule has 0 aliphatic carbocycles. The average molecular weight is 221 g/mol. The maximum Gasteiger partial charge on any atom is 0.222 e. The molecule has 0 aromatic carbocycles. The standard InChI is InChI=1S/C8H12N2OS.ClH/c1-10(2)8(11)4-3-7-5-12-6-9-7;/h5-6H,3-4H2,1-2H3;1H. The van der Waals surface area contributed by atoms with Gasteiger partial charge in [-0.3, -0.25) is 4.79 Å². The van der Waals surface area contributed by atoms with Crippen molar-refractivity contribution in [2.24, 2.45) is 0 Å². The highest BCUT2D eigenvalue weighted by atomic mass is 35.5. The predicted molar refractivity (Wildman–Crippen MR) is 56.4 cm³/mol. The molecule has 0 fully saturated rings. The first kappa shape index (κ1) is 12.4. The van der Waals surface area contributed by atoms with Crippen molar-refractivity contribution in [3.63, 3.8) is 0 Å². The summed E-state index contributed by atoms with van der Waals surface area (Å²) in [6.07, 6.45) is 1.30. The van der Waals surface area contributed by atoms with Crippen LogP contribution in [0.5, 0.6) is 0 Å². The van der Waals surface area contributed by atoms with Gasteiger partial charge in [0.15, 0.2) is 0 Å². The number of thiazole rings is 1. The Bertz CT molecular complexity index is 249. The molecule has 74 valence electrons. The van der Waals surface area contributed by atoms with Crippen LogP contribution in [0.1, 0.15) is 12.1 Å². The highest BCUT2D eigenvalue weighted by molar-refractivity contribution is 7.07. The number of nitrogens with zero attached hydrogens (tertiary/aromatic N) is 2. The van der Waals surface area contributed by atoms with Gasteiger partial charge >= 0.3 is 0 Å². The van der Waals surface area contributed by atoms with E-state index in [1.54, 1.807) is 35.8 Å². The van der Waals surface area contributed by atoms with Crippen LogP contribution in [0.15, 0.2) is 10.9 Å². The zero-order valence-corrected chi connectivity index (χ0v) is 9.32. The molecule has 1 aromatic heterocycles. The molecule has 0 radical (unpaired) electrons. The van der Waals surface area contributed by atoms with Crippen LogP contribution in [-0.4, -0.2) is 29.9 Å². The first-order valence-electron chi connectivity index (χ1n) is 3.77. The second-order valence-corrected chi connectivity index (χ2v) is 3.49. The van der Waals surface area contributed by atoms with Crippen LogP contribution >= 0.6 is 23.7 Å². The van der Waals surface area contributed by atoms with E-state index in [2.05, 4.69) is 4.98 Å². The van der Waals surface area contributed by atoms with Crippen molar-refractivity contribution in [1.29, 1.82) is 0 Å². The Morgan fingerprint density at radius 1 is 1.62 bits per heavy atom. The molecule has 13 heavy (non-hydrogen) atoms. The number of carbonyl (C=O) groups is 1. The van der Waals surface area contributed by atoms with Crippen molar-refractivity contribution in [3.8, 4) is 0 Å². The van der Waals surface area contributed by atoms with E-state index in [1.807, 2.05) is 5.38 Å². The fraction of sp³-hybridized carbons (Fsp3) is 0.500. The van der Waals surface area contributed by atoms with Crippen molar-refractivity contribution >= 4 is 29.7 Å². The molecule has 0 saturated carbocycles. The van der Waals surface area contributed by atoms with Crippen LogP contribution in [-0.2, 0) is 11.2 Å². The van der Waals surface area contributed by atoms with Crippen LogP contribution < -0.4 is 0 Å². The topological polar surface area (TPSA) is 33.2 Å². The van der Waals surface area contributed by atoms with Gasteiger partial charge in [-0.2, -0.15) is 0 Å². The molecule has 0 N–H and O–H groups in total. The molecular formula is C8H13ClN2OS. The van der Waals surface area contributed by atoms with Crippen molar-refractivity contribution in [2.75, 3.05) is 14.1 Å². The van der Waals surface area contributed by atoms with Crippen LogP contribution in [0.3, 0.4) is 0 Å². The Hall–Kier alpha value is -0.610. The number of amides is 1. The van der Waals surface area contributed by atoms with E-state index in [0.29, 0.717) is 6.42 Å². The second-order valence-electron chi connectivity index (χ2n) is 2.77. The maximum atomic E-state index is 11.1. The molecule has 0 bridgehead atoms. The second kappa shape index (κ2) is 5.94. The Kier molecular flexibility index (Phi) is 5.66. The minimum atomic E-state index is 0. The van der Waals surface area contributed by atoms with Crippen molar-refractivity contribution in [1.82, 2.24) is 9.88 Å². The number of halogens is 1. The molecule has 1 heterocycles. The van der Waals surface area contributed by atoms with Gasteiger partial charge in [0.1, 0.15) is 0 Å². The summed E-state index contributed by atoms with van der Waals surface area (Å²) < 4.78 is 0. The van der Waals surface area contributed by atoms with Gasteiger partial charge in [-0.15, -0.1) is 23.7 Å². The molecule has 0 aliphatic rings. The Labute approximate surface area is 88.2 Å². The van der Waals surface area contributed by atoms with E-state index >= 15 is 0 Å². The summed E-state index contributed by atoms with van der Waals surface area (Å²) in [4.78, 5) is 16.8. The SMILES string of the molecule is CN(C)C(=O)CCc1cscn1.Cl. The highest BCUT2D eigenvalue weighted by Crippen LogP contribution is 2.04. The van der Waals surface area contributed by atoms with E-state index in [4.69, 9.17) is 0 Å². The zero-order valence-electron chi connectivity index (χ0n) is 7.69. The van der Waals surface area contributed by atoms with E-state index in [1.165, 1.54) is 0 Å². The summed E-state index contributed by atoms with van der Waals surface area (Å²) in [7, 11) is 3.53. The Morgan fingerprint density at radius 2 is 2.31 bits per heavy atom. The van der Waals surface area contributed by atoms with Crippen LogP contribution in [0.25, 0.3) is 0 Å². The Morgan fingerprint density at radius 3 is 2.77 bits per heavy atom. The number of hydrogen-bond acceptors (Lipinski definition) is 3. The fourth-order valence-electron chi connectivity index (χ4n) is 0.820. The molecule has 1 amide bonds.